The van der Waals surface area contributed by atoms with Crippen molar-refractivity contribution in [3.63, 3.8) is 0 Å². The fourth-order valence-corrected chi connectivity index (χ4v) is 1.35. The number of benzene rings is 1. The molecule has 2 rings (SSSR count). The van der Waals surface area contributed by atoms with Crippen LogP contribution in [-0.2, 0) is 0 Å². The Bertz CT molecular complexity index is 620. The Morgan fingerprint density at radius 3 is 2.84 bits per heavy atom. The minimum absolute atomic E-state index is 0.241. The number of carbonyl (C=O) groups is 1. The number of nitrogens with one attached hydrogen (secondary N) is 2. The fraction of sp³-hybridized carbons (Fsp3) is 0. The van der Waals surface area contributed by atoms with Gasteiger partial charge < -0.3 is 0 Å². The van der Waals surface area contributed by atoms with Gasteiger partial charge in [0.1, 0.15) is 6.20 Å². The Balaban J connectivity index is 2.04. The highest BCUT2D eigenvalue weighted by Crippen LogP contribution is 2.13. The maximum atomic E-state index is 11.6. The van der Waals surface area contributed by atoms with Crippen LogP contribution >= 0.6 is 0 Å². The number of H-pyrrole nitrogens is 1. The third-order valence-electron chi connectivity index (χ3n) is 2.22. The molecular weight excluding hydrogens is 250 g/mol. The first-order valence-electron chi connectivity index (χ1n) is 5.24. The number of amides is 1. The number of hydrogen-bond donors (Lipinski definition) is 2. The molecule has 1 aromatic carbocycles. The molecule has 2 N–H and O–H groups in total. The van der Waals surface area contributed by atoms with Crippen LogP contribution in [0, 0.1) is 10.1 Å². The third-order valence-corrected chi connectivity index (χ3v) is 2.22. The summed E-state index contributed by atoms with van der Waals surface area (Å²) < 4.78 is 0. The molecule has 0 unspecified atom stereocenters. The second-order valence-electron chi connectivity index (χ2n) is 3.50. The number of nitrogens with zero attached hydrogens (tertiary/aromatic N) is 3. The van der Waals surface area contributed by atoms with E-state index in [0.29, 0.717) is 0 Å². The molecule has 8 nitrogen and oxygen atoms in total. The zero-order chi connectivity index (χ0) is 13.7. The van der Waals surface area contributed by atoms with E-state index in [1.165, 1.54) is 6.21 Å². The number of aromatic amines is 1. The molecule has 0 aliphatic heterocycles. The number of hydrazone groups is 1. The quantitative estimate of drug-likeness (QED) is 0.485. The number of hydrogen-bond acceptors (Lipinski definition) is 5. The van der Waals surface area contributed by atoms with Crippen LogP contribution in [0.25, 0.3) is 0 Å². The number of rotatable bonds is 4. The largest absolute Gasteiger partial charge is 0.319 e. The monoisotopic (exact) mass is 259 g/mol. The van der Waals surface area contributed by atoms with E-state index in [1.54, 1.807) is 12.1 Å². The van der Waals surface area contributed by atoms with Crippen molar-refractivity contribution in [1.82, 2.24) is 15.6 Å². The first-order valence-corrected chi connectivity index (χ1v) is 5.24. The first-order chi connectivity index (χ1) is 9.18. The minimum Gasteiger partial charge on any atom is -0.267 e. The predicted molar refractivity (Wildman–Crippen MR) is 66.7 cm³/mol. The molecule has 19 heavy (non-hydrogen) atoms. The molecule has 8 heteroatoms. The molecule has 0 saturated carbocycles. The normalized spacial score (nSPS) is 10.5. The molecule has 1 heterocycles. The summed E-state index contributed by atoms with van der Waals surface area (Å²) in [6, 6.07) is 9.10. The maximum Gasteiger partial charge on any atom is 0.319 e. The van der Waals surface area contributed by atoms with Crippen LogP contribution in [0.5, 0.6) is 0 Å². The van der Waals surface area contributed by atoms with E-state index >= 15 is 0 Å². The van der Waals surface area contributed by atoms with Gasteiger partial charge in [-0.1, -0.05) is 30.3 Å². The molecule has 0 fully saturated rings. The van der Waals surface area contributed by atoms with Crippen LogP contribution < -0.4 is 5.43 Å². The zero-order valence-electron chi connectivity index (χ0n) is 9.61. The SMILES string of the molecule is O=C(N/N=C/c1ccccc1)c1[nH]ncc1[N+](=O)[O-]. The van der Waals surface area contributed by atoms with Gasteiger partial charge in [-0.25, -0.2) is 5.43 Å². The van der Waals surface area contributed by atoms with Crippen LogP contribution in [0.4, 0.5) is 5.69 Å². The fourth-order valence-electron chi connectivity index (χ4n) is 1.35. The number of aromatic nitrogens is 2. The molecule has 1 aromatic heterocycles. The van der Waals surface area contributed by atoms with Gasteiger partial charge >= 0.3 is 5.69 Å². The van der Waals surface area contributed by atoms with Crippen LogP contribution in [0.15, 0.2) is 41.6 Å². The second-order valence-corrected chi connectivity index (χ2v) is 3.50. The van der Waals surface area contributed by atoms with Gasteiger partial charge in [-0.15, -0.1) is 0 Å². The lowest BCUT2D eigenvalue weighted by Crippen LogP contribution is -2.19. The van der Waals surface area contributed by atoms with Gasteiger partial charge in [0.2, 0.25) is 5.69 Å². The molecule has 0 aliphatic rings. The lowest BCUT2D eigenvalue weighted by atomic mass is 10.2. The number of nitro groups is 1. The van der Waals surface area contributed by atoms with Gasteiger partial charge in [-0.05, 0) is 5.56 Å². The second kappa shape index (κ2) is 5.54. The van der Waals surface area contributed by atoms with E-state index in [-0.39, 0.29) is 5.69 Å². The van der Waals surface area contributed by atoms with Crippen molar-refractivity contribution >= 4 is 17.8 Å². The average Bonchev–Trinajstić information content (AvgIpc) is 2.89. The molecule has 0 bridgehead atoms. The molecule has 1 amide bonds. The topological polar surface area (TPSA) is 113 Å². The summed E-state index contributed by atoms with van der Waals surface area (Å²) in [6.45, 7) is 0. The van der Waals surface area contributed by atoms with Crippen molar-refractivity contribution < 1.29 is 9.72 Å². The van der Waals surface area contributed by atoms with E-state index in [1.807, 2.05) is 18.2 Å². The van der Waals surface area contributed by atoms with E-state index in [2.05, 4.69) is 20.7 Å². The van der Waals surface area contributed by atoms with Gasteiger partial charge in [0.15, 0.2) is 0 Å². The maximum absolute atomic E-state index is 11.6. The molecule has 0 saturated heterocycles. The van der Waals surface area contributed by atoms with E-state index < -0.39 is 16.5 Å². The molecule has 0 atom stereocenters. The van der Waals surface area contributed by atoms with Crippen molar-refractivity contribution in [2.75, 3.05) is 0 Å². The zero-order valence-corrected chi connectivity index (χ0v) is 9.61. The van der Waals surface area contributed by atoms with Gasteiger partial charge in [0.25, 0.3) is 5.91 Å². The Kier molecular flexibility index (Phi) is 3.62. The molecular formula is C11H9N5O3. The van der Waals surface area contributed by atoms with Gasteiger partial charge in [0, 0.05) is 0 Å². The van der Waals surface area contributed by atoms with E-state index in [0.717, 1.165) is 11.8 Å². The Morgan fingerprint density at radius 1 is 1.42 bits per heavy atom. The standard InChI is InChI=1S/C11H9N5O3/c17-11(10-9(16(18)19)7-13-14-10)15-12-6-8-4-2-1-3-5-8/h1-7H,(H,13,14)(H,15,17)/b12-6+. The molecule has 0 spiro atoms. The van der Waals surface area contributed by atoms with Crippen LogP contribution in [0.2, 0.25) is 0 Å². The summed E-state index contributed by atoms with van der Waals surface area (Å²) in [4.78, 5) is 21.5. The molecule has 2 aromatic rings. The van der Waals surface area contributed by atoms with E-state index in [9.17, 15) is 14.9 Å². The Labute approximate surface area is 107 Å². The average molecular weight is 259 g/mol. The van der Waals surface area contributed by atoms with Crippen molar-refractivity contribution in [3.05, 3.63) is 57.9 Å². The summed E-state index contributed by atoms with van der Waals surface area (Å²) >= 11 is 0. The van der Waals surface area contributed by atoms with Crippen LogP contribution in [0.3, 0.4) is 0 Å². The van der Waals surface area contributed by atoms with Gasteiger partial charge in [0.05, 0.1) is 11.1 Å². The lowest BCUT2D eigenvalue weighted by Gasteiger charge is -1.96. The van der Waals surface area contributed by atoms with Crippen molar-refractivity contribution in [3.8, 4) is 0 Å². The van der Waals surface area contributed by atoms with Gasteiger partial charge in [-0.3, -0.25) is 20.0 Å². The molecule has 0 radical (unpaired) electrons. The molecule has 0 aliphatic carbocycles. The third kappa shape index (κ3) is 3.00. The summed E-state index contributed by atoms with van der Waals surface area (Å²) in [7, 11) is 0. The highest BCUT2D eigenvalue weighted by molar-refractivity contribution is 5.96. The number of carbonyl (C=O) groups excluding carboxylic acids is 1. The Morgan fingerprint density at radius 2 is 2.16 bits per heavy atom. The van der Waals surface area contributed by atoms with Crippen molar-refractivity contribution in [2.45, 2.75) is 0 Å². The molecule has 96 valence electrons. The summed E-state index contributed by atoms with van der Waals surface area (Å²) in [5.41, 5.74) is 2.34. The minimum atomic E-state index is -0.726. The first kappa shape index (κ1) is 12.4. The van der Waals surface area contributed by atoms with E-state index in [4.69, 9.17) is 0 Å². The predicted octanol–water partition coefficient (Wildman–Crippen LogP) is 1.08. The summed E-state index contributed by atoms with van der Waals surface area (Å²) in [6.07, 6.45) is 2.40. The van der Waals surface area contributed by atoms with Gasteiger partial charge in [-0.2, -0.15) is 10.2 Å². The smallest absolute Gasteiger partial charge is 0.267 e. The highest BCUT2D eigenvalue weighted by Gasteiger charge is 2.22. The highest BCUT2D eigenvalue weighted by atomic mass is 16.6. The van der Waals surface area contributed by atoms with Crippen LogP contribution in [-0.4, -0.2) is 27.2 Å². The lowest BCUT2D eigenvalue weighted by molar-refractivity contribution is -0.385. The summed E-state index contributed by atoms with van der Waals surface area (Å²) in [5, 5.41) is 20.0. The Hall–Kier alpha value is -3.03. The van der Waals surface area contributed by atoms with Crippen molar-refractivity contribution in [1.29, 1.82) is 0 Å². The van der Waals surface area contributed by atoms with Crippen molar-refractivity contribution in [2.24, 2.45) is 5.10 Å². The summed E-state index contributed by atoms with van der Waals surface area (Å²) in [5.74, 6) is -0.726. The van der Waals surface area contributed by atoms with Crippen LogP contribution in [0.1, 0.15) is 16.1 Å².